The second-order valence-corrected chi connectivity index (χ2v) is 3.78. The summed E-state index contributed by atoms with van der Waals surface area (Å²) in [6, 6.07) is 13.0. The Morgan fingerprint density at radius 1 is 1.12 bits per heavy atom. The van der Waals surface area contributed by atoms with Gasteiger partial charge in [-0.2, -0.15) is 0 Å². The van der Waals surface area contributed by atoms with Gasteiger partial charge in [0.15, 0.2) is 0 Å². The molecule has 0 atom stereocenters. The smallest absolute Gasteiger partial charge is 0.258 e. The van der Waals surface area contributed by atoms with Crippen molar-refractivity contribution in [3.8, 4) is 11.3 Å². The fourth-order valence-corrected chi connectivity index (χ4v) is 1.61. The molecule has 80 valence electrons. The van der Waals surface area contributed by atoms with Crippen LogP contribution in [0.2, 0.25) is 0 Å². The van der Waals surface area contributed by atoms with Crippen molar-refractivity contribution in [2.24, 2.45) is 5.73 Å². The van der Waals surface area contributed by atoms with Crippen molar-refractivity contribution < 1.29 is 0 Å². The molecule has 0 bridgehead atoms. The lowest BCUT2D eigenvalue weighted by atomic mass is 10.1. The van der Waals surface area contributed by atoms with Crippen molar-refractivity contribution in [3.63, 3.8) is 0 Å². The first-order valence-electron chi connectivity index (χ1n) is 4.77. The fourth-order valence-electron chi connectivity index (χ4n) is 1.45. The summed E-state index contributed by atoms with van der Waals surface area (Å²) < 4.78 is 0. The molecule has 0 radical (unpaired) electrons. The highest BCUT2D eigenvalue weighted by Crippen LogP contribution is 2.14. The molecule has 0 unspecified atom stereocenters. The molecule has 4 heteroatoms. The number of nitrogens with two attached hydrogens (primary N) is 1. The van der Waals surface area contributed by atoms with E-state index in [-0.39, 0.29) is 10.5 Å². The first kappa shape index (κ1) is 10.6. The molecule has 1 aromatic carbocycles. The normalized spacial score (nSPS) is 10.0. The molecule has 0 spiro atoms. The number of hydrogen-bond donors (Lipinski definition) is 2. The number of aromatic nitrogens is 1. The Morgan fingerprint density at radius 3 is 2.38 bits per heavy atom. The zero-order valence-corrected chi connectivity index (χ0v) is 9.25. The average molecular weight is 230 g/mol. The van der Waals surface area contributed by atoms with Gasteiger partial charge >= 0.3 is 0 Å². The van der Waals surface area contributed by atoms with E-state index in [4.69, 9.17) is 18.0 Å². The van der Waals surface area contributed by atoms with Gasteiger partial charge in [-0.15, -0.1) is 0 Å². The van der Waals surface area contributed by atoms with Gasteiger partial charge in [-0.25, -0.2) is 0 Å². The maximum Gasteiger partial charge on any atom is 0.258 e. The van der Waals surface area contributed by atoms with Crippen LogP contribution in [0, 0.1) is 0 Å². The van der Waals surface area contributed by atoms with Gasteiger partial charge in [-0.3, -0.25) is 4.79 Å². The topological polar surface area (TPSA) is 58.9 Å². The van der Waals surface area contributed by atoms with E-state index in [1.807, 2.05) is 30.3 Å². The Morgan fingerprint density at radius 2 is 1.81 bits per heavy atom. The van der Waals surface area contributed by atoms with Gasteiger partial charge in [-0.1, -0.05) is 42.5 Å². The Labute approximate surface area is 97.9 Å². The van der Waals surface area contributed by atoms with Gasteiger partial charge in [0, 0.05) is 5.69 Å². The largest absolute Gasteiger partial charge is 0.389 e. The SMILES string of the molecule is NC(=S)c1ccc(-c2ccccc2)[nH]c1=O. The van der Waals surface area contributed by atoms with E-state index in [0.29, 0.717) is 5.56 Å². The molecule has 0 saturated heterocycles. The van der Waals surface area contributed by atoms with Crippen LogP contribution in [-0.2, 0) is 0 Å². The van der Waals surface area contributed by atoms with E-state index in [0.717, 1.165) is 11.3 Å². The van der Waals surface area contributed by atoms with Crippen molar-refractivity contribution in [2.75, 3.05) is 0 Å². The van der Waals surface area contributed by atoms with Crippen LogP contribution >= 0.6 is 12.2 Å². The van der Waals surface area contributed by atoms with Gasteiger partial charge in [0.05, 0.1) is 5.56 Å². The van der Waals surface area contributed by atoms with Gasteiger partial charge < -0.3 is 10.7 Å². The number of hydrogen-bond acceptors (Lipinski definition) is 2. The summed E-state index contributed by atoms with van der Waals surface area (Å²) in [4.78, 5) is 14.5. The molecular formula is C12H10N2OS. The maximum atomic E-state index is 11.6. The summed E-state index contributed by atoms with van der Waals surface area (Å²) >= 11 is 4.77. The summed E-state index contributed by atoms with van der Waals surface area (Å²) in [5.41, 5.74) is 7.21. The number of pyridine rings is 1. The van der Waals surface area contributed by atoms with Crippen molar-refractivity contribution in [2.45, 2.75) is 0 Å². The monoisotopic (exact) mass is 230 g/mol. The summed E-state index contributed by atoms with van der Waals surface area (Å²) in [5.74, 6) is 0. The lowest BCUT2D eigenvalue weighted by Gasteiger charge is -2.02. The molecule has 1 aromatic heterocycles. The molecule has 1 heterocycles. The first-order valence-corrected chi connectivity index (χ1v) is 5.18. The molecule has 2 aromatic rings. The molecule has 0 amide bonds. The Hall–Kier alpha value is -1.94. The van der Waals surface area contributed by atoms with E-state index in [1.165, 1.54) is 0 Å². The minimum Gasteiger partial charge on any atom is -0.389 e. The lowest BCUT2D eigenvalue weighted by Crippen LogP contribution is -2.22. The van der Waals surface area contributed by atoms with Crippen LogP contribution in [0.15, 0.2) is 47.3 Å². The molecule has 0 fully saturated rings. The number of rotatable bonds is 2. The highest BCUT2D eigenvalue weighted by Gasteiger charge is 2.04. The fraction of sp³-hybridized carbons (Fsp3) is 0. The van der Waals surface area contributed by atoms with Gasteiger partial charge in [-0.05, 0) is 17.7 Å². The molecule has 16 heavy (non-hydrogen) atoms. The predicted molar refractivity (Wildman–Crippen MR) is 68.4 cm³/mol. The number of aromatic amines is 1. The van der Waals surface area contributed by atoms with Crippen molar-refractivity contribution in [1.82, 2.24) is 4.98 Å². The van der Waals surface area contributed by atoms with Crippen molar-refractivity contribution >= 4 is 17.2 Å². The van der Waals surface area contributed by atoms with Crippen molar-refractivity contribution in [3.05, 3.63) is 58.4 Å². The first-order chi connectivity index (χ1) is 7.68. The Kier molecular flexibility index (Phi) is 2.83. The highest BCUT2D eigenvalue weighted by molar-refractivity contribution is 7.80. The third-order valence-electron chi connectivity index (χ3n) is 2.26. The van der Waals surface area contributed by atoms with Gasteiger partial charge in [0.25, 0.3) is 5.56 Å². The number of H-pyrrole nitrogens is 1. The molecule has 0 aliphatic rings. The summed E-state index contributed by atoms with van der Waals surface area (Å²) in [6.07, 6.45) is 0. The van der Waals surface area contributed by atoms with Crippen LogP contribution in [0.5, 0.6) is 0 Å². The standard InChI is InChI=1S/C12H10N2OS/c13-11(16)9-6-7-10(14-12(9)15)8-4-2-1-3-5-8/h1-7H,(H2,13,16)(H,14,15). The van der Waals surface area contributed by atoms with Crippen LogP contribution < -0.4 is 11.3 Å². The van der Waals surface area contributed by atoms with Crippen LogP contribution in [0.4, 0.5) is 0 Å². The third-order valence-corrected chi connectivity index (χ3v) is 2.48. The van der Waals surface area contributed by atoms with Crippen LogP contribution in [0.1, 0.15) is 5.56 Å². The lowest BCUT2D eigenvalue weighted by molar-refractivity contribution is 1.23. The molecule has 3 nitrogen and oxygen atoms in total. The Bertz CT molecular complexity index is 575. The third kappa shape index (κ3) is 2.01. The van der Waals surface area contributed by atoms with E-state index in [1.54, 1.807) is 12.1 Å². The summed E-state index contributed by atoms with van der Waals surface area (Å²) in [7, 11) is 0. The zero-order valence-electron chi connectivity index (χ0n) is 8.44. The second-order valence-electron chi connectivity index (χ2n) is 3.35. The van der Waals surface area contributed by atoms with E-state index >= 15 is 0 Å². The number of benzene rings is 1. The molecular weight excluding hydrogens is 220 g/mol. The highest BCUT2D eigenvalue weighted by atomic mass is 32.1. The van der Waals surface area contributed by atoms with Crippen molar-refractivity contribution in [1.29, 1.82) is 0 Å². The van der Waals surface area contributed by atoms with Gasteiger partial charge in [0.1, 0.15) is 4.99 Å². The summed E-state index contributed by atoms with van der Waals surface area (Å²) in [5, 5.41) is 0. The predicted octanol–water partition coefficient (Wildman–Crippen LogP) is 1.68. The molecule has 0 aliphatic carbocycles. The summed E-state index contributed by atoms with van der Waals surface area (Å²) in [6.45, 7) is 0. The van der Waals surface area contributed by atoms with Gasteiger partial charge in [0.2, 0.25) is 0 Å². The van der Waals surface area contributed by atoms with Crippen LogP contribution in [0.25, 0.3) is 11.3 Å². The van der Waals surface area contributed by atoms with Crippen LogP contribution in [-0.4, -0.2) is 9.97 Å². The number of nitrogens with one attached hydrogen (secondary N) is 1. The minimum atomic E-state index is -0.256. The van der Waals surface area contributed by atoms with E-state index in [9.17, 15) is 4.79 Å². The Balaban J connectivity index is 2.51. The minimum absolute atomic E-state index is 0.112. The quantitative estimate of drug-likeness (QED) is 0.772. The van der Waals surface area contributed by atoms with E-state index < -0.39 is 0 Å². The molecule has 0 aliphatic heterocycles. The molecule has 0 saturated carbocycles. The maximum absolute atomic E-state index is 11.6. The van der Waals surface area contributed by atoms with Crippen LogP contribution in [0.3, 0.4) is 0 Å². The molecule has 3 N–H and O–H groups in total. The molecule has 2 rings (SSSR count). The average Bonchev–Trinajstić information content (AvgIpc) is 2.29. The number of thiocarbonyl (C=S) groups is 1. The second kappa shape index (κ2) is 4.28. The zero-order chi connectivity index (χ0) is 11.5. The van der Waals surface area contributed by atoms with E-state index in [2.05, 4.69) is 4.98 Å².